The SMILES string of the molecule is O=C(O)c1[nH]c2cc(Br)c(Cl)cc2c1-c1ccccc1. The number of fused-ring (bicyclic) bond motifs is 1. The van der Waals surface area contributed by atoms with E-state index in [-0.39, 0.29) is 5.69 Å². The third kappa shape index (κ3) is 2.11. The molecule has 0 aliphatic rings. The Morgan fingerprint density at radius 1 is 1.20 bits per heavy atom. The third-order valence-electron chi connectivity index (χ3n) is 3.12. The van der Waals surface area contributed by atoms with Crippen LogP contribution in [0.3, 0.4) is 0 Å². The summed E-state index contributed by atoms with van der Waals surface area (Å²) in [5.74, 6) is -0.993. The van der Waals surface area contributed by atoms with Crippen LogP contribution in [0.5, 0.6) is 0 Å². The number of hydrogen-bond acceptors (Lipinski definition) is 1. The van der Waals surface area contributed by atoms with Gasteiger partial charge in [0.15, 0.2) is 0 Å². The molecular formula is C15H9BrClNO2. The normalized spacial score (nSPS) is 10.9. The Morgan fingerprint density at radius 3 is 2.55 bits per heavy atom. The maximum Gasteiger partial charge on any atom is 0.352 e. The zero-order valence-corrected chi connectivity index (χ0v) is 12.5. The van der Waals surface area contributed by atoms with E-state index in [4.69, 9.17) is 11.6 Å². The molecule has 2 aromatic carbocycles. The summed E-state index contributed by atoms with van der Waals surface area (Å²) in [6, 6.07) is 13.0. The van der Waals surface area contributed by atoms with Gasteiger partial charge in [-0.05, 0) is 33.6 Å². The second-order valence-electron chi connectivity index (χ2n) is 4.36. The number of rotatable bonds is 2. The first kappa shape index (κ1) is 13.2. The lowest BCUT2D eigenvalue weighted by Crippen LogP contribution is -1.98. The molecular weight excluding hydrogens is 342 g/mol. The molecule has 3 aromatic rings. The molecule has 100 valence electrons. The molecule has 5 heteroatoms. The lowest BCUT2D eigenvalue weighted by Gasteiger charge is -2.02. The van der Waals surface area contributed by atoms with Crippen LogP contribution in [0.1, 0.15) is 10.5 Å². The Kier molecular flexibility index (Phi) is 3.28. The number of halogens is 2. The fraction of sp³-hybridized carbons (Fsp3) is 0. The predicted octanol–water partition coefficient (Wildman–Crippen LogP) is 4.95. The van der Waals surface area contributed by atoms with Crippen LogP contribution in [0.25, 0.3) is 22.0 Å². The maximum atomic E-state index is 11.5. The van der Waals surface area contributed by atoms with Gasteiger partial charge in [-0.25, -0.2) is 4.79 Å². The summed E-state index contributed by atoms with van der Waals surface area (Å²) in [5.41, 5.74) is 2.40. The van der Waals surface area contributed by atoms with Gasteiger partial charge in [0, 0.05) is 20.9 Å². The lowest BCUT2D eigenvalue weighted by molar-refractivity contribution is 0.0692. The van der Waals surface area contributed by atoms with Gasteiger partial charge in [-0.2, -0.15) is 0 Å². The Bertz CT molecular complexity index is 812. The molecule has 0 aliphatic heterocycles. The first-order chi connectivity index (χ1) is 9.58. The van der Waals surface area contributed by atoms with E-state index < -0.39 is 5.97 Å². The Labute approximate surface area is 128 Å². The molecule has 1 aromatic heterocycles. The number of aromatic nitrogens is 1. The van der Waals surface area contributed by atoms with Gasteiger partial charge in [0.05, 0.1) is 5.02 Å². The Hall–Kier alpha value is -1.78. The predicted molar refractivity (Wildman–Crippen MR) is 83.4 cm³/mol. The van der Waals surface area contributed by atoms with Crippen molar-refractivity contribution in [3.8, 4) is 11.1 Å². The van der Waals surface area contributed by atoms with Crippen molar-refractivity contribution in [2.45, 2.75) is 0 Å². The average molecular weight is 351 g/mol. The van der Waals surface area contributed by atoms with Gasteiger partial charge in [0.1, 0.15) is 5.69 Å². The van der Waals surface area contributed by atoms with Crippen molar-refractivity contribution in [1.82, 2.24) is 4.98 Å². The summed E-state index contributed by atoms with van der Waals surface area (Å²) in [5, 5.41) is 10.7. The number of carboxylic acid groups (broad SMARTS) is 1. The quantitative estimate of drug-likeness (QED) is 0.687. The topological polar surface area (TPSA) is 53.1 Å². The highest BCUT2D eigenvalue weighted by molar-refractivity contribution is 9.10. The van der Waals surface area contributed by atoms with Crippen LogP contribution >= 0.6 is 27.5 Å². The minimum atomic E-state index is -0.993. The highest BCUT2D eigenvalue weighted by atomic mass is 79.9. The van der Waals surface area contributed by atoms with Gasteiger partial charge in [-0.1, -0.05) is 41.9 Å². The molecule has 0 atom stereocenters. The number of aromatic carboxylic acids is 1. The first-order valence-electron chi connectivity index (χ1n) is 5.87. The Morgan fingerprint density at radius 2 is 1.90 bits per heavy atom. The van der Waals surface area contributed by atoms with Crippen molar-refractivity contribution in [3.05, 3.63) is 57.7 Å². The zero-order chi connectivity index (χ0) is 14.3. The van der Waals surface area contributed by atoms with Gasteiger partial charge < -0.3 is 10.1 Å². The molecule has 3 rings (SSSR count). The lowest BCUT2D eigenvalue weighted by atomic mass is 10.0. The molecule has 0 radical (unpaired) electrons. The van der Waals surface area contributed by atoms with Gasteiger partial charge >= 0.3 is 5.97 Å². The minimum absolute atomic E-state index is 0.167. The second-order valence-corrected chi connectivity index (χ2v) is 5.62. The minimum Gasteiger partial charge on any atom is -0.477 e. The summed E-state index contributed by atoms with van der Waals surface area (Å²) in [7, 11) is 0. The molecule has 0 amide bonds. The molecule has 0 saturated carbocycles. The van der Waals surface area contributed by atoms with Crippen LogP contribution in [0.15, 0.2) is 46.9 Å². The van der Waals surface area contributed by atoms with Crippen LogP contribution in [0.2, 0.25) is 5.02 Å². The van der Waals surface area contributed by atoms with E-state index in [2.05, 4.69) is 20.9 Å². The number of benzene rings is 2. The van der Waals surface area contributed by atoms with Crippen LogP contribution in [-0.4, -0.2) is 16.1 Å². The monoisotopic (exact) mass is 349 g/mol. The second kappa shape index (κ2) is 4.96. The average Bonchev–Trinajstić information content (AvgIpc) is 2.79. The van der Waals surface area contributed by atoms with E-state index in [1.807, 2.05) is 30.3 Å². The molecule has 0 bridgehead atoms. The fourth-order valence-electron chi connectivity index (χ4n) is 2.25. The standard InChI is InChI=1S/C15H9BrClNO2/c16-10-7-12-9(6-11(10)17)13(14(18-12)15(19)20)8-4-2-1-3-5-8/h1-7,18H,(H,19,20). The van der Waals surface area contributed by atoms with Crippen molar-refractivity contribution in [1.29, 1.82) is 0 Å². The zero-order valence-electron chi connectivity index (χ0n) is 10.2. The van der Waals surface area contributed by atoms with Crippen LogP contribution < -0.4 is 0 Å². The van der Waals surface area contributed by atoms with Gasteiger partial charge in [-0.15, -0.1) is 0 Å². The fourth-order valence-corrected chi connectivity index (χ4v) is 2.76. The summed E-state index contributed by atoms with van der Waals surface area (Å²) in [6.45, 7) is 0. The van der Waals surface area contributed by atoms with Crippen molar-refractivity contribution < 1.29 is 9.90 Å². The van der Waals surface area contributed by atoms with Crippen LogP contribution in [0.4, 0.5) is 0 Å². The van der Waals surface area contributed by atoms with Crippen molar-refractivity contribution in [2.24, 2.45) is 0 Å². The van der Waals surface area contributed by atoms with E-state index in [0.717, 1.165) is 20.9 Å². The van der Waals surface area contributed by atoms with E-state index in [9.17, 15) is 9.90 Å². The number of carbonyl (C=O) groups is 1. The van der Waals surface area contributed by atoms with E-state index in [1.165, 1.54) is 0 Å². The first-order valence-corrected chi connectivity index (χ1v) is 7.04. The van der Waals surface area contributed by atoms with Gasteiger partial charge in [-0.3, -0.25) is 0 Å². The molecule has 2 N–H and O–H groups in total. The number of aromatic amines is 1. The molecule has 0 spiro atoms. The summed E-state index contributed by atoms with van der Waals surface area (Å²) < 4.78 is 0.726. The molecule has 0 unspecified atom stereocenters. The molecule has 0 aliphatic carbocycles. The number of nitrogens with one attached hydrogen (secondary N) is 1. The van der Waals surface area contributed by atoms with Crippen molar-refractivity contribution in [3.63, 3.8) is 0 Å². The van der Waals surface area contributed by atoms with E-state index in [0.29, 0.717) is 10.6 Å². The smallest absolute Gasteiger partial charge is 0.352 e. The van der Waals surface area contributed by atoms with Gasteiger partial charge in [0.2, 0.25) is 0 Å². The highest BCUT2D eigenvalue weighted by Crippen LogP contribution is 2.36. The highest BCUT2D eigenvalue weighted by Gasteiger charge is 2.19. The van der Waals surface area contributed by atoms with E-state index in [1.54, 1.807) is 12.1 Å². The van der Waals surface area contributed by atoms with Crippen LogP contribution in [-0.2, 0) is 0 Å². The molecule has 3 nitrogen and oxygen atoms in total. The van der Waals surface area contributed by atoms with E-state index >= 15 is 0 Å². The molecule has 0 saturated heterocycles. The van der Waals surface area contributed by atoms with Crippen molar-refractivity contribution >= 4 is 44.4 Å². The summed E-state index contributed by atoms with van der Waals surface area (Å²) >= 11 is 9.47. The molecule has 0 fully saturated rings. The van der Waals surface area contributed by atoms with Crippen LogP contribution in [0, 0.1) is 0 Å². The summed E-state index contributed by atoms with van der Waals surface area (Å²) in [4.78, 5) is 14.4. The van der Waals surface area contributed by atoms with Crippen molar-refractivity contribution in [2.75, 3.05) is 0 Å². The third-order valence-corrected chi connectivity index (χ3v) is 4.31. The molecule has 20 heavy (non-hydrogen) atoms. The molecule has 1 heterocycles. The Balaban J connectivity index is 2.41. The largest absolute Gasteiger partial charge is 0.477 e. The summed E-state index contributed by atoms with van der Waals surface area (Å²) in [6.07, 6.45) is 0. The number of hydrogen-bond donors (Lipinski definition) is 2. The van der Waals surface area contributed by atoms with Gasteiger partial charge in [0.25, 0.3) is 0 Å². The maximum absolute atomic E-state index is 11.5. The number of H-pyrrole nitrogens is 1. The number of carboxylic acids is 1.